The molecule has 38 heavy (non-hydrogen) atoms. The smallest absolute Gasteiger partial charge is 0.280 e. The summed E-state index contributed by atoms with van der Waals surface area (Å²) >= 11 is 0. The summed E-state index contributed by atoms with van der Waals surface area (Å²) in [5, 5.41) is 12.1. The van der Waals surface area contributed by atoms with E-state index in [2.05, 4.69) is 45.0 Å². The predicted molar refractivity (Wildman–Crippen MR) is 146 cm³/mol. The highest BCUT2D eigenvalue weighted by atomic mass is 28.4. The molecule has 0 aliphatic carbocycles. The average Bonchev–Trinajstić information content (AvgIpc) is 2.88. The number of nitrogens with zero attached hydrogens (tertiary/aromatic N) is 1. The molecule has 1 fully saturated rings. The minimum atomic E-state index is -3.05. The zero-order chi connectivity index (χ0) is 27.7. The van der Waals surface area contributed by atoms with Crippen molar-refractivity contribution in [3.05, 3.63) is 96.1 Å². The van der Waals surface area contributed by atoms with Crippen molar-refractivity contribution in [1.82, 2.24) is 4.90 Å². The fourth-order valence-corrected chi connectivity index (χ4v) is 10.2. The van der Waals surface area contributed by atoms with Gasteiger partial charge >= 0.3 is 0 Å². The number of hydrogen-bond acceptors (Lipinski definition) is 4. The molecule has 1 heterocycles. The van der Waals surface area contributed by atoms with Gasteiger partial charge in [-0.1, -0.05) is 87.5 Å². The van der Waals surface area contributed by atoms with Gasteiger partial charge in [-0.3, -0.25) is 4.79 Å². The summed E-state index contributed by atoms with van der Waals surface area (Å²) < 4.78 is 41.0. The second-order valence-electron chi connectivity index (χ2n) is 10.9. The van der Waals surface area contributed by atoms with Crippen LogP contribution < -0.4 is 10.4 Å². The van der Waals surface area contributed by atoms with Gasteiger partial charge in [-0.15, -0.1) is 0 Å². The summed E-state index contributed by atoms with van der Waals surface area (Å²) in [7, 11) is -3.05. The standard InChI is InChI=1S/C30H35F2NO4Si/c1-20-19-33(28(34)29(35)36-20)27(22-16-17-25(31)26(32)18-22)21(2)37-38(30(3,4)5,23-12-8-6-9-13-23)24-14-10-7-11-15-24/h6-18,20-21,27,29,35H,19H2,1-5H3/t20?,21-,27+,29?/m1/s1. The molecule has 202 valence electrons. The van der Waals surface area contributed by atoms with E-state index in [1.165, 1.54) is 11.0 Å². The molecule has 0 bridgehead atoms. The molecule has 1 aliphatic rings. The molecule has 5 nitrogen and oxygen atoms in total. The van der Waals surface area contributed by atoms with Crippen LogP contribution in [0.2, 0.25) is 5.04 Å². The van der Waals surface area contributed by atoms with Crippen molar-refractivity contribution in [3.8, 4) is 0 Å². The number of aliphatic hydroxyl groups excluding tert-OH is 1. The molecule has 0 spiro atoms. The Kier molecular flexibility index (Phi) is 8.18. The van der Waals surface area contributed by atoms with Crippen LogP contribution in [0.4, 0.5) is 8.78 Å². The van der Waals surface area contributed by atoms with Crippen molar-refractivity contribution >= 4 is 24.6 Å². The lowest BCUT2D eigenvalue weighted by Gasteiger charge is -2.48. The van der Waals surface area contributed by atoms with E-state index in [9.17, 15) is 18.7 Å². The Bertz CT molecular complexity index is 1210. The van der Waals surface area contributed by atoms with Crippen LogP contribution in [0.5, 0.6) is 0 Å². The van der Waals surface area contributed by atoms with Crippen LogP contribution in [0.3, 0.4) is 0 Å². The molecule has 1 aliphatic heterocycles. The molecule has 2 unspecified atom stereocenters. The summed E-state index contributed by atoms with van der Waals surface area (Å²) in [6, 6.07) is 22.9. The Hall–Kier alpha value is -2.91. The second-order valence-corrected chi connectivity index (χ2v) is 15.1. The molecule has 3 aromatic carbocycles. The Morgan fingerprint density at radius 2 is 1.53 bits per heavy atom. The number of ether oxygens (including phenoxy) is 1. The van der Waals surface area contributed by atoms with Crippen molar-refractivity contribution in [3.63, 3.8) is 0 Å². The van der Waals surface area contributed by atoms with Crippen molar-refractivity contribution in [2.75, 3.05) is 6.54 Å². The number of rotatable bonds is 7. The van der Waals surface area contributed by atoms with Crippen LogP contribution in [0.25, 0.3) is 0 Å². The first kappa shape index (κ1) is 28.1. The van der Waals surface area contributed by atoms with Gasteiger partial charge in [-0.2, -0.15) is 0 Å². The number of carbonyl (C=O) groups is 1. The Labute approximate surface area is 224 Å². The minimum absolute atomic E-state index is 0.161. The van der Waals surface area contributed by atoms with Crippen LogP contribution >= 0.6 is 0 Å². The van der Waals surface area contributed by atoms with Crippen LogP contribution in [-0.2, 0) is 14.0 Å². The Balaban J connectivity index is 1.89. The van der Waals surface area contributed by atoms with Crippen molar-refractivity contribution in [1.29, 1.82) is 0 Å². The van der Waals surface area contributed by atoms with Gasteiger partial charge in [0.05, 0.1) is 18.2 Å². The van der Waals surface area contributed by atoms with Gasteiger partial charge in [-0.25, -0.2) is 8.78 Å². The van der Waals surface area contributed by atoms with E-state index in [1.807, 2.05) is 43.3 Å². The highest BCUT2D eigenvalue weighted by Gasteiger charge is 2.52. The van der Waals surface area contributed by atoms with Crippen LogP contribution in [0, 0.1) is 11.6 Å². The molecule has 4 atom stereocenters. The fourth-order valence-electron chi connectivity index (χ4n) is 5.52. The molecule has 0 radical (unpaired) electrons. The van der Waals surface area contributed by atoms with Crippen molar-refractivity contribution in [2.24, 2.45) is 0 Å². The van der Waals surface area contributed by atoms with Crippen molar-refractivity contribution < 1.29 is 27.8 Å². The lowest BCUT2D eigenvalue weighted by molar-refractivity contribution is -0.203. The molecular weight excluding hydrogens is 504 g/mol. The summed E-state index contributed by atoms with van der Waals surface area (Å²) in [5.41, 5.74) is 0.379. The number of amides is 1. The second kappa shape index (κ2) is 11.1. The summed E-state index contributed by atoms with van der Waals surface area (Å²) in [5.74, 6) is -2.63. The molecule has 0 aromatic heterocycles. The molecule has 1 saturated heterocycles. The Morgan fingerprint density at radius 1 is 0.974 bits per heavy atom. The number of carbonyl (C=O) groups excluding carboxylic acids is 1. The number of aliphatic hydroxyl groups is 1. The third-order valence-electron chi connectivity index (χ3n) is 7.15. The van der Waals surface area contributed by atoms with Crippen LogP contribution in [0.1, 0.15) is 46.2 Å². The van der Waals surface area contributed by atoms with Gasteiger partial charge in [-0.05, 0) is 47.0 Å². The summed E-state index contributed by atoms with van der Waals surface area (Å²) in [6.07, 6.45) is -2.77. The fraction of sp³-hybridized carbons (Fsp3) is 0.367. The van der Waals surface area contributed by atoms with Gasteiger partial charge in [0.2, 0.25) is 6.29 Å². The number of benzene rings is 3. The van der Waals surface area contributed by atoms with Crippen molar-refractivity contribution in [2.45, 2.75) is 64.2 Å². The molecule has 4 rings (SSSR count). The number of morpholine rings is 1. The average molecular weight is 540 g/mol. The first-order valence-corrected chi connectivity index (χ1v) is 14.7. The quantitative estimate of drug-likeness (QED) is 0.448. The minimum Gasteiger partial charge on any atom is -0.402 e. The molecule has 3 aromatic rings. The largest absolute Gasteiger partial charge is 0.402 e. The monoisotopic (exact) mass is 539 g/mol. The highest BCUT2D eigenvalue weighted by Crippen LogP contribution is 2.40. The summed E-state index contributed by atoms with van der Waals surface area (Å²) in [6.45, 7) is 10.2. The van der Waals surface area contributed by atoms with E-state index in [0.29, 0.717) is 5.56 Å². The third kappa shape index (κ3) is 5.31. The van der Waals surface area contributed by atoms with E-state index >= 15 is 0 Å². The van der Waals surface area contributed by atoms with E-state index in [0.717, 1.165) is 22.5 Å². The number of hydrogen-bond donors (Lipinski definition) is 1. The topological polar surface area (TPSA) is 59.0 Å². The Morgan fingerprint density at radius 3 is 2.03 bits per heavy atom. The molecule has 0 saturated carbocycles. The van der Waals surface area contributed by atoms with E-state index in [-0.39, 0.29) is 11.6 Å². The normalized spacial score (nSPS) is 20.3. The van der Waals surface area contributed by atoms with Crippen LogP contribution in [0.15, 0.2) is 78.9 Å². The molecule has 1 N–H and O–H groups in total. The zero-order valence-corrected chi connectivity index (χ0v) is 23.4. The highest BCUT2D eigenvalue weighted by molar-refractivity contribution is 6.99. The summed E-state index contributed by atoms with van der Waals surface area (Å²) in [4.78, 5) is 14.6. The van der Waals surface area contributed by atoms with Gasteiger partial charge < -0.3 is 19.2 Å². The van der Waals surface area contributed by atoms with Crippen LogP contribution in [-0.4, -0.2) is 49.3 Å². The lowest BCUT2D eigenvalue weighted by Crippen LogP contribution is -2.68. The van der Waals surface area contributed by atoms with Gasteiger partial charge in [0.1, 0.15) is 0 Å². The van der Waals surface area contributed by atoms with E-state index < -0.39 is 50.4 Å². The SMILES string of the molecule is CC1CN([C@H](c2ccc(F)c(F)c2)[C@@H](C)O[Si](c2ccccc2)(c2ccccc2)C(C)(C)C)C(=O)C(O)O1. The predicted octanol–water partition coefficient (Wildman–Crippen LogP) is 4.54. The zero-order valence-electron chi connectivity index (χ0n) is 22.4. The third-order valence-corrected chi connectivity index (χ3v) is 12.3. The maximum absolute atomic E-state index is 14.5. The van der Waals surface area contributed by atoms with Gasteiger partial charge in [0.15, 0.2) is 11.6 Å². The first-order valence-electron chi connectivity index (χ1n) is 12.8. The van der Waals surface area contributed by atoms with E-state index in [1.54, 1.807) is 6.92 Å². The van der Waals surface area contributed by atoms with Gasteiger partial charge in [0, 0.05) is 6.54 Å². The lowest BCUT2D eigenvalue weighted by atomic mass is 9.99. The van der Waals surface area contributed by atoms with Gasteiger partial charge in [0.25, 0.3) is 14.2 Å². The maximum atomic E-state index is 14.5. The molecular formula is C30H35F2NO4Si. The maximum Gasteiger partial charge on any atom is 0.280 e. The van der Waals surface area contributed by atoms with E-state index in [4.69, 9.17) is 9.16 Å². The first-order chi connectivity index (χ1) is 18.0. The molecule has 8 heteroatoms. The number of halogens is 2. The molecule has 1 amide bonds.